The van der Waals surface area contributed by atoms with Crippen molar-refractivity contribution in [1.29, 1.82) is 0 Å². The highest BCUT2D eigenvalue weighted by Crippen LogP contribution is 2.21. The SMILES string of the molecule is CCN(CC)S(=O)(=O)c1ccc(NC(=S)Nc2ccc(S(=O)(=O)N3CCOCC3)cc2)cc1. The van der Waals surface area contributed by atoms with Crippen molar-refractivity contribution in [3.63, 3.8) is 0 Å². The van der Waals surface area contributed by atoms with Gasteiger partial charge in [0.1, 0.15) is 0 Å². The number of hydrogen-bond acceptors (Lipinski definition) is 6. The van der Waals surface area contributed by atoms with Crippen molar-refractivity contribution < 1.29 is 21.6 Å². The van der Waals surface area contributed by atoms with Gasteiger partial charge in [0.05, 0.1) is 23.0 Å². The summed E-state index contributed by atoms with van der Waals surface area (Å²) in [5, 5.41) is 6.28. The van der Waals surface area contributed by atoms with E-state index in [1.165, 1.54) is 32.9 Å². The maximum atomic E-state index is 12.7. The van der Waals surface area contributed by atoms with E-state index in [-0.39, 0.29) is 14.9 Å². The first-order valence-electron chi connectivity index (χ1n) is 10.5. The zero-order valence-corrected chi connectivity index (χ0v) is 21.0. The van der Waals surface area contributed by atoms with Gasteiger partial charge in [0.2, 0.25) is 20.0 Å². The lowest BCUT2D eigenvalue weighted by molar-refractivity contribution is 0.0730. The Morgan fingerprint density at radius 2 is 1.33 bits per heavy atom. The van der Waals surface area contributed by atoms with Gasteiger partial charge in [0.25, 0.3) is 0 Å². The molecule has 0 aromatic heterocycles. The van der Waals surface area contributed by atoms with Gasteiger partial charge in [-0.05, 0) is 60.7 Å². The number of morpholine rings is 1. The normalized spacial score (nSPS) is 15.4. The van der Waals surface area contributed by atoms with Crippen molar-refractivity contribution in [2.75, 3.05) is 50.0 Å². The van der Waals surface area contributed by atoms with Crippen LogP contribution in [-0.2, 0) is 24.8 Å². The molecule has 1 heterocycles. The zero-order valence-electron chi connectivity index (χ0n) is 18.5. The first-order chi connectivity index (χ1) is 15.7. The number of sulfonamides is 2. The van der Waals surface area contributed by atoms with Crippen molar-refractivity contribution in [1.82, 2.24) is 8.61 Å². The van der Waals surface area contributed by atoms with Crippen molar-refractivity contribution in [3.05, 3.63) is 48.5 Å². The topological polar surface area (TPSA) is 108 Å². The molecule has 1 aliphatic rings. The molecule has 1 aliphatic heterocycles. The zero-order chi connectivity index (χ0) is 24.1. The summed E-state index contributed by atoms with van der Waals surface area (Å²) in [6.07, 6.45) is 0. The summed E-state index contributed by atoms with van der Waals surface area (Å²) in [5.74, 6) is 0. The number of benzene rings is 2. The van der Waals surface area contributed by atoms with Crippen LogP contribution in [0.3, 0.4) is 0 Å². The minimum atomic E-state index is -3.56. The Morgan fingerprint density at radius 3 is 1.79 bits per heavy atom. The molecule has 2 aromatic rings. The third-order valence-electron chi connectivity index (χ3n) is 5.18. The predicted molar refractivity (Wildman–Crippen MR) is 132 cm³/mol. The molecule has 33 heavy (non-hydrogen) atoms. The van der Waals surface area contributed by atoms with Gasteiger partial charge in [0.15, 0.2) is 5.11 Å². The van der Waals surface area contributed by atoms with Gasteiger partial charge in [-0.3, -0.25) is 0 Å². The third-order valence-corrected chi connectivity index (χ3v) is 9.36. The molecule has 3 rings (SSSR count). The molecule has 0 bridgehead atoms. The minimum absolute atomic E-state index is 0.207. The second-order valence-electron chi connectivity index (χ2n) is 7.23. The van der Waals surface area contributed by atoms with Crippen LogP contribution in [0, 0.1) is 0 Å². The number of thiocarbonyl (C=S) groups is 1. The van der Waals surface area contributed by atoms with E-state index in [1.807, 2.05) is 0 Å². The summed E-state index contributed by atoms with van der Waals surface area (Å²) in [4.78, 5) is 0.423. The maximum Gasteiger partial charge on any atom is 0.243 e. The lowest BCUT2D eigenvalue weighted by Gasteiger charge is -2.26. The Hall–Kier alpha value is -2.09. The van der Waals surface area contributed by atoms with Gasteiger partial charge in [-0.1, -0.05) is 13.8 Å². The largest absolute Gasteiger partial charge is 0.379 e. The number of nitrogens with zero attached hydrogens (tertiary/aromatic N) is 2. The van der Waals surface area contributed by atoms with Crippen LogP contribution < -0.4 is 10.6 Å². The van der Waals surface area contributed by atoms with E-state index in [0.29, 0.717) is 50.8 Å². The second-order valence-corrected chi connectivity index (χ2v) is 11.5. The van der Waals surface area contributed by atoms with Crippen molar-refractivity contribution in [3.8, 4) is 0 Å². The Bertz CT molecular complexity index is 1160. The Labute approximate surface area is 200 Å². The van der Waals surface area contributed by atoms with Crippen LogP contribution in [0.2, 0.25) is 0 Å². The molecular weight excluding hydrogens is 484 g/mol. The summed E-state index contributed by atoms with van der Waals surface area (Å²) < 4.78 is 58.6. The van der Waals surface area contributed by atoms with Crippen molar-refractivity contribution in [2.45, 2.75) is 23.6 Å². The third kappa shape index (κ3) is 6.08. The molecule has 0 radical (unpaired) electrons. The smallest absolute Gasteiger partial charge is 0.243 e. The van der Waals surface area contributed by atoms with E-state index in [2.05, 4.69) is 10.6 Å². The van der Waals surface area contributed by atoms with Gasteiger partial charge in [0, 0.05) is 37.6 Å². The van der Waals surface area contributed by atoms with Gasteiger partial charge >= 0.3 is 0 Å². The van der Waals surface area contributed by atoms with Crippen LogP contribution in [-0.4, -0.2) is 70.0 Å². The molecule has 0 atom stereocenters. The number of nitrogens with one attached hydrogen (secondary N) is 2. The predicted octanol–water partition coefficient (Wildman–Crippen LogP) is 2.55. The molecule has 2 N–H and O–H groups in total. The first kappa shape index (κ1) is 25.5. The van der Waals surface area contributed by atoms with Crippen LogP contribution in [0.15, 0.2) is 58.3 Å². The number of anilines is 2. The molecule has 0 amide bonds. The first-order valence-corrected chi connectivity index (χ1v) is 13.8. The molecule has 180 valence electrons. The summed E-state index contributed by atoms with van der Waals surface area (Å²) >= 11 is 5.32. The van der Waals surface area contributed by atoms with E-state index in [4.69, 9.17) is 17.0 Å². The number of rotatable bonds is 8. The van der Waals surface area contributed by atoms with E-state index < -0.39 is 20.0 Å². The average Bonchev–Trinajstić information content (AvgIpc) is 2.81. The Kier molecular flexibility index (Phi) is 8.43. The highest BCUT2D eigenvalue weighted by atomic mass is 32.2. The molecule has 0 unspecified atom stereocenters. The molecule has 2 aromatic carbocycles. The highest BCUT2D eigenvalue weighted by Gasteiger charge is 2.26. The quantitative estimate of drug-likeness (QED) is 0.520. The van der Waals surface area contributed by atoms with Crippen LogP contribution in [0.1, 0.15) is 13.8 Å². The fraction of sp³-hybridized carbons (Fsp3) is 0.381. The molecule has 0 spiro atoms. The molecule has 0 aliphatic carbocycles. The van der Waals surface area contributed by atoms with Gasteiger partial charge in [-0.25, -0.2) is 16.8 Å². The maximum absolute atomic E-state index is 12.7. The van der Waals surface area contributed by atoms with Gasteiger partial charge in [-0.2, -0.15) is 8.61 Å². The van der Waals surface area contributed by atoms with Crippen molar-refractivity contribution >= 4 is 48.8 Å². The molecule has 9 nitrogen and oxygen atoms in total. The standard InChI is InChI=1S/C21H28N4O5S3/c1-3-24(4-2)32(26,27)19-9-5-17(6-10-19)22-21(31)23-18-7-11-20(12-8-18)33(28,29)25-13-15-30-16-14-25/h5-12H,3-4,13-16H2,1-2H3,(H2,22,23,31). The molecule has 0 saturated carbocycles. The van der Waals surface area contributed by atoms with Gasteiger partial charge in [-0.15, -0.1) is 0 Å². The van der Waals surface area contributed by atoms with E-state index in [0.717, 1.165) is 0 Å². The average molecular weight is 513 g/mol. The molecular formula is C21H28N4O5S3. The summed E-state index contributed by atoms with van der Waals surface area (Å²) in [7, 11) is -7.08. The molecule has 1 saturated heterocycles. The van der Waals surface area contributed by atoms with Crippen LogP contribution in [0.5, 0.6) is 0 Å². The summed E-state index contributed by atoms with van der Waals surface area (Å²) in [6.45, 7) is 5.86. The van der Waals surface area contributed by atoms with E-state index >= 15 is 0 Å². The van der Waals surface area contributed by atoms with Crippen molar-refractivity contribution in [2.24, 2.45) is 0 Å². The van der Waals surface area contributed by atoms with Crippen LogP contribution in [0.4, 0.5) is 11.4 Å². The minimum Gasteiger partial charge on any atom is -0.379 e. The van der Waals surface area contributed by atoms with Crippen LogP contribution >= 0.6 is 12.2 Å². The summed E-state index contributed by atoms with van der Waals surface area (Å²) in [6, 6.07) is 12.7. The molecule has 12 heteroatoms. The fourth-order valence-corrected chi connectivity index (χ4v) is 6.46. The highest BCUT2D eigenvalue weighted by molar-refractivity contribution is 7.89. The van der Waals surface area contributed by atoms with E-state index in [9.17, 15) is 16.8 Å². The Balaban J connectivity index is 1.62. The number of ether oxygens (including phenoxy) is 1. The van der Waals surface area contributed by atoms with Gasteiger partial charge < -0.3 is 15.4 Å². The van der Waals surface area contributed by atoms with E-state index in [1.54, 1.807) is 38.1 Å². The summed E-state index contributed by atoms with van der Waals surface area (Å²) in [5.41, 5.74) is 1.24. The monoisotopic (exact) mass is 512 g/mol. The lowest BCUT2D eigenvalue weighted by Crippen LogP contribution is -2.40. The molecule has 1 fully saturated rings. The second kappa shape index (κ2) is 10.9. The Morgan fingerprint density at radius 1 is 0.879 bits per heavy atom. The fourth-order valence-electron chi connectivity index (χ4n) is 3.36. The lowest BCUT2D eigenvalue weighted by atomic mass is 10.3. The van der Waals surface area contributed by atoms with Crippen LogP contribution in [0.25, 0.3) is 0 Å². The number of hydrogen-bond donors (Lipinski definition) is 2.